The number of benzene rings is 2. The highest BCUT2D eigenvalue weighted by Gasteiger charge is 2.18. The molecule has 0 bridgehead atoms. The van der Waals surface area contributed by atoms with Crippen LogP contribution in [0.25, 0.3) is 0 Å². The van der Waals surface area contributed by atoms with Gasteiger partial charge in [-0.15, -0.1) is 0 Å². The number of halogens is 1. The van der Waals surface area contributed by atoms with E-state index in [1.54, 1.807) is 42.5 Å². The molecule has 0 saturated carbocycles. The summed E-state index contributed by atoms with van der Waals surface area (Å²) in [6.45, 7) is 0. The maximum absolute atomic E-state index is 12.5. The maximum atomic E-state index is 12.5. The van der Waals surface area contributed by atoms with Crippen molar-refractivity contribution in [1.29, 1.82) is 0 Å². The SMILES string of the molecule is O=C(c1ccc(Br)cc1)c1ccn(S(=O)(=O)c2ccccc2)c1. The van der Waals surface area contributed by atoms with Gasteiger partial charge in [-0.05, 0) is 42.5 Å². The third-order valence-electron chi connectivity index (χ3n) is 3.35. The Hall–Kier alpha value is -2.18. The van der Waals surface area contributed by atoms with Crippen LogP contribution in [0.1, 0.15) is 15.9 Å². The van der Waals surface area contributed by atoms with E-state index < -0.39 is 10.0 Å². The molecular formula is C17H12BrNO3S. The van der Waals surface area contributed by atoms with Crippen molar-refractivity contribution in [3.8, 4) is 0 Å². The van der Waals surface area contributed by atoms with Crippen molar-refractivity contribution in [3.05, 3.63) is 88.7 Å². The predicted molar refractivity (Wildman–Crippen MR) is 91.0 cm³/mol. The molecule has 0 fully saturated rings. The summed E-state index contributed by atoms with van der Waals surface area (Å²) in [5.74, 6) is -0.223. The number of hydrogen-bond donors (Lipinski definition) is 0. The molecule has 23 heavy (non-hydrogen) atoms. The molecule has 3 aromatic rings. The van der Waals surface area contributed by atoms with Gasteiger partial charge in [0.25, 0.3) is 10.0 Å². The summed E-state index contributed by atoms with van der Waals surface area (Å²) < 4.78 is 26.9. The van der Waals surface area contributed by atoms with Gasteiger partial charge >= 0.3 is 0 Å². The smallest absolute Gasteiger partial charge is 0.267 e. The Morgan fingerprint density at radius 3 is 2.17 bits per heavy atom. The number of rotatable bonds is 4. The quantitative estimate of drug-likeness (QED) is 0.638. The van der Waals surface area contributed by atoms with Gasteiger partial charge in [0.2, 0.25) is 0 Å². The fourth-order valence-electron chi connectivity index (χ4n) is 2.14. The van der Waals surface area contributed by atoms with Crippen molar-refractivity contribution in [2.24, 2.45) is 0 Å². The Morgan fingerprint density at radius 1 is 0.870 bits per heavy atom. The van der Waals surface area contributed by atoms with E-state index in [-0.39, 0.29) is 10.7 Å². The van der Waals surface area contributed by atoms with Crippen LogP contribution in [0.2, 0.25) is 0 Å². The third-order valence-corrected chi connectivity index (χ3v) is 5.53. The van der Waals surface area contributed by atoms with Gasteiger partial charge in [0.1, 0.15) is 0 Å². The molecule has 116 valence electrons. The second-order valence-electron chi connectivity index (χ2n) is 4.88. The van der Waals surface area contributed by atoms with E-state index in [0.29, 0.717) is 11.1 Å². The average Bonchev–Trinajstić information content (AvgIpc) is 3.06. The number of hydrogen-bond acceptors (Lipinski definition) is 3. The molecule has 0 N–H and O–H groups in total. The normalized spacial score (nSPS) is 11.3. The highest BCUT2D eigenvalue weighted by atomic mass is 79.9. The second-order valence-corrected chi connectivity index (χ2v) is 7.64. The van der Waals surface area contributed by atoms with Crippen molar-refractivity contribution in [3.63, 3.8) is 0 Å². The van der Waals surface area contributed by atoms with Crippen LogP contribution >= 0.6 is 15.9 Å². The van der Waals surface area contributed by atoms with Crippen LogP contribution in [0.3, 0.4) is 0 Å². The Kier molecular flexibility index (Phi) is 4.19. The Labute approximate surface area is 142 Å². The third kappa shape index (κ3) is 3.13. The fraction of sp³-hybridized carbons (Fsp3) is 0. The first-order chi connectivity index (χ1) is 11.0. The number of carbonyl (C=O) groups excluding carboxylic acids is 1. The van der Waals surface area contributed by atoms with Crippen LogP contribution in [-0.2, 0) is 10.0 Å². The first-order valence-corrected chi connectivity index (χ1v) is 9.01. The molecule has 0 spiro atoms. The van der Waals surface area contributed by atoms with Gasteiger partial charge in [-0.1, -0.05) is 34.1 Å². The lowest BCUT2D eigenvalue weighted by atomic mass is 10.1. The van der Waals surface area contributed by atoms with Gasteiger partial charge in [0.05, 0.1) is 4.90 Å². The molecule has 0 aliphatic carbocycles. The van der Waals surface area contributed by atoms with Gasteiger partial charge in [-0.3, -0.25) is 4.79 Å². The molecule has 0 unspecified atom stereocenters. The minimum Gasteiger partial charge on any atom is -0.289 e. The second kappa shape index (κ2) is 6.14. The fourth-order valence-corrected chi connectivity index (χ4v) is 3.63. The highest BCUT2D eigenvalue weighted by molar-refractivity contribution is 9.10. The van der Waals surface area contributed by atoms with Crippen LogP contribution in [0, 0.1) is 0 Å². The Morgan fingerprint density at radius 2 is 1.52 bits per heavy atom. The van der Waals surface area contributed by atoms with Crippen LogP contribution in [0.5, 0.6) is 0 Å². The Balaban J connectivity index is 1.95. The Bertz CT molecular complexity index is 945. The van der Waals surface area contributed by atoms with E-state index in [1.807, 2.05) is 0 Å². The van der Waals surface area contributed by atoms with Crippen LogP contribution in [0.15, 0.2) is 82.4 Å². The molecule has 0 saturated heterocycles. The van der Waals surface area contributed by atoms with Gasteiger partial charge in [0, 0.05) is 28.0 Å². The van der Waals surface area contributed by atoms with E-state index in [9.17, 15) is 13.2 Å². The lowest BCUT2D eigenvalue weighted by molar-refractivity contribution is 0.103. The van der Waals surface area contributed by atoms with Gasteiger partial charge in [0.15, 0.2) is 5.78 Å². The van der Waals surface area contributed by atoms with Crippen LogP contribution in [-0.4, -0.2) is 18.2 Å². The monoisotopic (exact) mass is 389 g/mol. The van der Waals surface area contributed by atoms with E-state index in [1.165, 1.54) is 30.6 Å². The predicted octanol–water partition coefficient (Wildman–Crippen LogP) is 3.72. The maximum Gasteiger partial charge on any atom is 0.267 e. The number of carbonyl (C=O) groups is 1. The van der Waals surface area contributed by atoms with Crippen LogP contribution in [0.4, 0.5) is 0 Å². The van der Waals surface area contributed by atoms with Crippen molar-refractivity contribution < 1.29 is 13.2 Å². The lowest BCUT2D eigenvalue weighted by Crippen LogP contribution is -2.11. The summed E-state index contributed by atoms with van der Waals surface area (Å²) in [5.41, 5.74) is 0.829. The summed E-state index contributed by atoms with van der Waals surface area (Å²) >= 11 is 3.31. The molecular weight excluding hydrogens is 378 g/mol. The largest absolute Gasteiger partial charge is 0.289 e. The van der Waals surface area contributed by atoms with Crippen LogP contribution < -0.4 is 0 Å². The molecule has 1 heterocycles. The van der Waals surface area contributed by atoms with E-state index in [4.69, 9.17) is 0 Å². The molecule has 1 aromatic heterocycles. The van der Waals surface area contributed by atoms with Gasteiger partial charge in [-0.2, -0.15) is 0 Å². The average molecular weight is 390 g/mol. The molecule has 0 atom stereocenters. The van der Waals surface area contributed by atoms with E-state index >= 15 is 0 Å². The number of nitrogens with zero attached hydrogens (tertiary/aromatic N) is 1. The van der Waals surface area contributed by atoms with E-state index in [2.05, 4.69) is 15.9 Å². The molecule has 3 rings (SSSR count). The zero-order chi connectivity index (χ0) is 16.4. The number of aromatic nitrogens is 1. The summed E-state index contributed by atoms with van der Waals surface area (Å²) in [4.78, 5) is 12.6. The molecule has 4 nitrogen and oxygen atoms in total. The van der Waals surface area contributed by atoms with Crippen molar-refractivity contribution in [2.45, 2.75) is 4.90 Å². The number of ketones is 1. The molecule has 6 heteroatoms. The molecule has 0 aliphatic rings. The minimum atomic E-state index is -3.68. The first-order valence-electron chi connectivity index (χ1n) is 6.77. The van der Waals surface area contributed by atoms with Crippen molar-refractivity contribution in [2.75, 3.05) is 0 Å². The summed E-state index contributed by atoms with van der Waals surface area (Å²) in [5, 5.41) is 0. The van der Waals surface area contributed by atoms with Crippen molar-refractivity contribution >= 4 is 31.7 Å². The van der Waals surface area contributed by atoms with E-state index in [0.717, 1.165) is 8.45 Å². The zero-order valence-corrected chi connectivity index (χ0v) is 14.3. The summed E-state index contributed by atoms with van der Waals surface area (Å²) in [6, 6.07) is 16.5. The lowest BCUT2D eigenvalue weighted by Gasteiger charge is -2.05. The molecule has 2 aromatic carbocycles. The first kappa shape index (κ1) is 15.7. The minimum absolute atomic E-state index is 0.179. The van der Waals surface area contributed by atoms with Crippen molar-refractivity contribution in [1.82, 2.24) is 3.97 Å². The molecule has 0 radical (unpaired) electrons. The zero-order valence-electron chi connectivity index (χ0n) is 11.9. The standard InChI is InChI=1S/C17H12BrNO3S/c18-15-8-6-13(7-9-15)17(20)14-10-11-19(12-14)23(21,22)16-4-2-1-3-5-16/h1-12H. The highest BCUT2D eigenvalue weighted by Crippen LogP contribution is 2.18. The summed E-state index contributed by atoms with van der Waals surface area (Å²) in [7, 11) is -3.68. The topological polar surface area (TPSA) is 56.1 Å². The molecule has 0 aliphatic heterocycles. The summed E-state index contributed by atoms with van der Waals surface area (Å²) in [6.07, 6.45) is 2.72. The van der Waals surface area contributed by atoms with Gasteiger partial charge in [-0.25, -0.2) is 12.4 Å². The molecule has 0 amide bonds. The van der Waals surface area contributed by atoms with Gasteiger partial charge < -0.3 is 0 Å².